The molecule has 0 bridgehead atoms. The van der Waals surface area contributed by atoms with Gasteiger partial charge in [0.05, 0.1) is 6.04 Å². The van der Waals surface area contributed by atoms with Gasteiger partial charge in [-0.15, -0.1) is 0 Å². The number of nitrogens with one attached hydrogen (secondary N) is 3. The third-order valence-electron chi connectivity index (χ3n) is 7.14. The van der Waals surface area contributed by atoms with Gasteiger partial charge >= 0.3 is 0 Å². The summed E-state index contributed by atoms with van der Waals surface area (Å²) in [7, 11) is 0. The van der Waals surface area contributed by atoms with Crippen molar-refractivity contribution in [2.75, 3.05) is 6.54 Å². The van der Waals surface area contributed by atoms with Gasteiger partial charge < -0.3 is 26.8 Å². The molecule has 2 aliphatic rings. The zero-order chi connectivity index (χ0) is 27.6. The number of primary amides is 1. The normalized spacial score (nSPS) is 18.6. The highest BCUT2D eigenvalue weighted by Gasteiger charge is 2.48. The first-order valence-electron chi connectivity index (χ1n) is 12.7. The van der Waals surface area contributed by atoms with Crippen LogP contribution in [0.25, 0.3) is 11.1 Å². The summed E-state index contributed by atoms with van der Waals surface area (Å²) in [6, 6.07) is 11.6. The van der Waals surface area contributed by atoms with E-state index in [0.29, 0.717) is 35.2 Å². The minimum absolute atomic E-state index is 0.0465. The van der Waals surface area contributed by atoms with Crippen LogP contribution in [-0.4, -0.2) is 53.1 Å². The van der Waals surface area contributed by atoms with Crippen molar-refractivity contribution < 1.29 is 29.1 Å². The van der Waals surface area contributed by atoms with Crippen molar-refractivity contribution in [3.05, 3.63) is 59.7 Å². The van der Waals surface area contributed by atoms with Gasteiger partial charge in [0.15, 0.2) is 5.60 Å². The van der Waals surface area contributed by atoms with E-state index in [9.17, 15) is 29.1 Å². The van der Waals surface area contributed by atoms with Crippen LogP contribution in [0.4, 0.5) is 0 Å². The smallest absolute Gasteiger partial charge is 0.287 e. The van der Waals surface area contributed by atoms with Crippen LogP contribution in [0.1, 0.15) is 44.2 Å². The number of rotatable bonds is 10. The second kappa shape index (κ2) is 10.7. The highest BCUT2D eigenvalue weighted by Crippen LogP contribution is 2.47. The van der Waals surface area contributed by atoms with Gasteiger partial charge in [-0.3, -0.25) is 24.0 Å². The van der Waals surface area contributed by atoms with Crippen LogP contribution in [0.5, 0.6) is 0 Å². The summed E-state index contributed by atoms with van der Waals surface area (Å²) in [4.78, 5) is 63.4. The maximum absolute atomic E-state index is 13.7. The second-order valence-corrected chi connectivity index (χ2v) is 10.3. The van der Waals surface area contributed by atoms with Gasteiger partial charge in [0.2, 0.25) is 17.6 Å². The lowest BCUT2D eigenvalue weighted by Crippen LogP contribution is -2.57. The van der Waals surface area contributed by atoms with Gasteiger partial charge in [0, 0.05) is 23.6 Å². The number of amides is 4. The summed E-state index contributed by atoms with van der Waals surface area (Å²) in [5.41, 5.74) is 5.40. The molecular weight excluding hydrogens is 488 g/mol. The van der Waals surface area contributed by atoms with Crippen LogP contribution in [0.3, 0.4) is 0 Å². The molecule has 1 aliphatic heterocycles. The summed E-state index contributed by atoms with van der Waals surface area (Å²) in [6.07, 6.45) is 0.556. The topological polar surface area (TPSA) is 168 Å². The molecule has 10 nitrogen and oxygen atoms in total. The first-order chi connectivity index (χ1) is 18.0. The van der Waals surface area contributed by atoms with Crippen LogP contribution in [-0.2, 0) is 29.6 Å². The average Bonchev–Trinajstić information content (AvgIpc) is 3.41. The number of fused-ring (bicyclic) bond motifs is 3. The van der Waals surface area contributed by atoms with E-state index in [0.717, 1.165) is 0 Å². The average molecular weight is 521 g/mol. The maximum Gasteiger partial charge on any atom is 0.287 e. The van der Waals surface area contributed by atoms with Gasteiger partial charge in [-0.25, -0.2) is 0 Å². The molecule has 1 saturated heterocycles. The van der Waals surface area contributed by atoms with Crippen molar-refractivity contribution in [3.8, 4) is 11.1 Å². The molecule has 0 spiro atoms. The molecule has 0 unspecified atom stereocenters. The van der Waals surface area contributed by atoms with Crippen molar-refractivity contribution in [3.63, 3.8) is 0 Å². The van der Waals surface area contributed by atoms with Gasteiger partial charge in [0.1, 0.15) is 6.04 Å². The predicted molar refractivity (Wildman–Crippen MR) is 138 cm³/mol. The van der Waals surface area contributed by atoms with Gasteiger partial charge in [-0.2, -0.15) is 0 Å². The largest absolute Gasteiger partial charge is 0.372 e. The summed E-state index contributed by atoms with van der Waals surface area (Å²) >= 11 is 0. The number of benzene rings is 2. The summed E-state index contributed by atoms with van der Waals surface area (Å²) in [6.45, 7) is 4.15. The molecule has 6 N–H and O–H groups in total. The predicted octanol–water partition coefficient (Wildman–Crippen LogP) is 0.499. The molecule has 4 rings (SSSR count). The van der Waals surface area contributed by atoms with Crippen LogP contribution < -0.4 is 21.7 Å². The molecule has 0 aromatic heterocycles. The Balaban J connectivity index is 1.60. The Bertz CT molecular complexity index is 1240. The van der Waals surface area contributed by atoms with Crippen LogP contribution in [0.2, 0.25) is 0 Å². The van der Waals surface area contributed by atoms with E-state index in [1.54, 1.807) is 24.3 Å². The van der Waals surface area contributed by atoms with E-state index in [1.807, 2.05) is 38.1 Å². The lowest BCUT2D eigenvalue weighted by atomic mass is 9.89. The fourth-order valence-electron chi connectivity index (χ4n) is 5.25. The molecular formula is C28H32N4O6. The van der Waals surface area contributed by atoms with E-state index in [2.05, 4.69) is 16.0 Å². The summed E-state index contributed by atoms with van der Waals surface area (Å²) in [5.74, 6) is -4.63. The zero-order valence-electron chi connectivity index (χ0n) is 21.3. The monoisotopic (exact) mass is 520 g/mol. The standard InChI is InChI=1S/C28H32N4O6/c1-15(2)13-22(26(36)31-21(23(33)24(29)34)14-16-11-12-30-25(16)35)32-27(37)28(38)19-9-5-3-7-17(19)18-8-4-6-10-20(18)28/h3-10,15-16,21-22,38H,11-14H2,1-2H3,(H2,29,34)(H,30,35)(H,31,36)(H,32,37)/t16-,21+,22-/m0/s1. The minimum Gasteiger partial charge on any atom is -0.372 e. The second-order valence-electron chi connectivity index (χ2n) is 10.3. The molecule has 1 aliphatic carbocycles. The highest BCUT2D eigenvalue weighted by atomic mass is 16.3. The molecule has 2 aromatic rings. The van der Waals surface area contributed by atoms with Gasteiger partial charge in [-0.05, 0) is 36.3 Å². The van der Waals surface area contributed by atoms with E-state index in [-0.39, 0.29) is 24.7 Å². The minimum atomic E-state index is -2.03. The maximum atomic E-state index is 13.7. The number of nitrogens with two attached hydrogens (primary N) is 1. The van der Waals surface area contributed by atoms with Crippen molar-refractivity contribution in [1.82, 2.24) is 16.0 Å². The van der Waals surface area contributed by atoms with Gasteiger partial charge in [-0.1, -0.05) is 62.4 Å². The molecule has 0 saturated carbocycles. The molecule has 3 atom stereocenters. The van der Waals surface area contributed by atoms with E-state index < -0.39 is 47.1 Å². The van der Waals surface area contributed by atoms with Gasteiger partial charge in [0.25, 0.3) is 11.8 Å². The third-order valence-corrected chi connectivity index (χ3v) is 7.14. The third kappa shape index (κ3) is 5.04. The number of aliphatic hydroxyl groups is 1. The molecule has 0 radical (unpaired) electrons. The number of ketones is 1. The zero-order valence-corrected chi connectivity index (χ0v) is 21.3. The molecule has 1 heterocycles. The number of hydrogen-bond donors (Lipinski definition) is 5. The molecule has 2 aromatic carbocycles. The number of hydrogen-bond acceptors (Lipinski definition) is 6. The molecule has 1 fully saturated rings. The summed E-state index contributed by atoms with van der Waals surface area (Å²) in [5, 5.41) is 19.7. The van der Waals surface area contributed by atoms with Crippen LogP contribution in [0, 0.1) is 11.8 Å². The van der Waals surface area contributed by atoms with Crippen molar-refractivity contribution in [2.24, 2.45) is 17.6 Å². The fraction of sp³-hybridized carbons (Fsp3) is 0.393. The lowest BCUT2D eigenvalue weighted by molar-refractivity contribution is -0.141. The quantitative estimate of drug-likeness (QED) is 0.286. The molecule has 10 heteroatoms. The first-order valence-corrected chi connectivity index (χ1v) is 12.7. The molecule has 4 amide bonds. The molecule has 38 heavy (non-hydrogen) atoms. The first kappa shape index (κ1) is 27.0. The van der Waals surface area contributed by atoms with Crippen molar-refractivity contribution in [2.45, 2.75) is 50.8 Å². The van der Waals surface area contributed by atoms with E-state index >= 15 is 0 Å². The lowest BCUT2D eigenvalue weighted by Gasteiger charge is -2.29. The Kier molecular flexibility index (Phi) is 7.63. The Morgan fingerprint density at radius 3 is 2.08 bits per heavy atom. The van der Waals surface area contributed by atoms with Crippen LogP contribution >= 0.6 is 0 Å². The van der Waals surface area contributed by atoms with Crippen molar-refractivity contribution >= 4 is 29.4 Å². The van der Waals surface area contributed by atoms with E-state index in [4.69, 9.17) is 5.73 Å². The Morgan fingerprint density at radius 1 is 1.00 bits per heavy atom. The number of Topliss-reactive ketones (excluding diaryl/α,β-unsaturated/α-hetero) is 1. The Labute approximate surface area is 220 Å². The fourth-order valence-corrected chi connectivity index (χ4v) is 5.25. The Morgan fingerprint density at radius 2 is 1.58 bits per heavy atom. The number of carbonyl (C=O) groups is 5. The van der Waals surface area contributed by atoms with Crippen LogP contribution in [0.15, 0.2) is 48.5 Å². The summed E-state index contributed by atoms with van der Waals surface area (Å²) < 4.78 is 0. The van der Waals surface area contributed by atoms with Crippen molar-refractivity contribution in [1.29, 1.82) is 0 Å². The number of carbonyl (C=O) groups excluding carboxylic acids is 5. The highest BCUT2D eigenvalue weighted by molar-refractivity contribution is 6.38. The Hall–Kier alpha value is -4.05. The molecule has 200 valence electrons. The SMILES string of the molecule is CC(C)C[C@H](NC(=O)C1(O)c2ccccc2-c2ccccc21)C(=O)N[C@H](C[C@@H]1CCNC1=O)C(=O)C(N)=O. The van der Waals surface area contributed by atoms with E-state index in [1.165, 1.54) is 0 Å².